The van der Waals surface area contributed by atoms with Gasteiger partial charge >= 0.3 is 0 Å². The van der Waals surface area contributed by atoms with Gasteiger partial charge < -0.3 is 10.3 Å². The van der Waals surface area contributed by atoms with Crippen molar-refractivity contribution in [1.82, 2.24) is 10.3 Å². The molecule has 3 nitrogen and oxygen atoms in total. The molecule has 0 aliphatic carbocycles. The van der Waals surface area contributed by atoms with Crippen molar-refractivity contribution < 1.29 is 4.79 Å². The topological polar surface area (TPSA) is 44.9 Å². The SMILES string of the molecule is CCC(C)NC(=O)CC(c1ccsc1)c1c[nH]c2ccccc12. The Morgan fingerprint density at radius 3 is 2.87 bits per heavy atom. The molecule has 2 aromatic heterocycles. The van der Waals surface area contributed by atoms with E-state index in [1.807, 2.05) is 25.3 Å². The van der Waals surface area contributed by atoms with Gasteiger partial charge in [0.1, 0.15) is 0 Å². The van der Waals surface area contributed by atoms with Crippen LogP contribution in [0.3, 0.4) is 0 Å². The molecule has 2 unspecified atom stereocenters. The third-order valence-electron chi connectivity index (χ3n) is 4.35. The molecule has 1 aromatic carbocycles. The zero-order chi connectivity index (χ0) is 16.2. The monoisotopic (exact) mass is 326 g/mol. The maximum Gasteiger partial charge on any atom is 0.221 e. The fourth-order valence-electron chi connectivity index (χ4n) is 2.88. The van der Waals surface area contributed by atoms with Crippen LogP contribution in [-0.2, 0) is 4.79 Å². The van der Waals surface area contributed by atoms with E-state index >= 15 is 0 Å². The van der Waals surface area contributed by atoms with Gasteiger partial charge in [-0.25, -0.2) is 0 Å². The van der Waals surface area contributed by atoms with E-state index in [4.69, 9.17) is 0 Å². The van der Waals surface area contributed by atoms with Crippen molar-refractivity contribution in [2.45, 2.75) is 38.6 Å². The number of benzene rings is 1. The lowest BCUT2D eigenvalue weighted by molar-refractivity contribution is -0.121. The van der Waals surface area contributed by atoms with Gasteiger partial charge in [-0.15, -0.1) is 0 Å². The lowest BCUT2D eigenvalue weighted by atomic mass is 9.89. The number of fused-ring (bicyclic) bond motifs is 1. The third-order valence-corrected chi connectivity index (χ3v) is 5.05. The van der Waals surface area contributed by atoms with Crippen molar-refractivity contribution in [3.05, 3.63) is 58.4 Å². The maximum atomic E-state index is 12.4. The summed E-state index contributed by atoms with van der Waals surface area (Å²) < 4.78 is 0. The van der Waals surface area contributed by atoms with Gasteiger partial charge in [0.2, 0.25) is 5.91 Å². The van der Waals surface area contributed by atoms with Crippen LogP contribution in [0.15, 0.2) is 47.3 Å². The summed E-state index contributed by atoms with van der Waals surface area (Å²) in [6.45, 7) is 4.13. The number of aromatic nitrogens is 1. The normalized spacial score (nSPS) is 13.8. The fourth-order valence-corrected chi connectivity index (χ4v) is 3.60. The van der Waals surface area contributed by atoms with E-state index in [2.05, 4.69) is 46.2 Å². The van der Waals surface area contributed by atoms with Gasteiger partial charge in [0, 0.05) is 35.5 Å². The van der Waals surface area contributed by atoms with Gasteiger partial charge in [-0.05, 0) is 47.4 Å². The van der Waals surface area contributed by atoms with E-state index in [0.29, 0.717) is 6.42 Å². The smallest absolute Gasteiger partial charge is 0.221 e. The molecule has 120 valence electrons. The summed E-state index contributed by atoms with van der Waals surface area (Å²) >= 11 is 1.67. The first-order chi connectivity index (χ1) is 11.2. The molecule has 0 bridgehead atoms. The van der Waals surface area contributed by atoms with Crippen LogP contribution in [0.2, 0.25) is 0 Å². The molecule has 0 radical (unpaired) electrons. The summed E-state index contributed by atoms with van der Waals surface area (Å²) in [5.41, 5.74) is 3.52. The average molecular weight is 326 g/mol. The Morgan fingerprint density at radius 2 is 2.13 bits per heavy atom. The number of amides is 1. The van der Waals surface area contributed by atoms with E-state index in [9.17, 15) is 4.79 Å². The molecule has 2 atom stereocenters. The van der Waals surface area contributed by atoms with Crippen molar-refractivity contribution in [2.75, 3.05) is 0 Å². The highest BCUT2D eigenvalue weighted by Crippen LogP contribution is 2.34. The van der Waals surface area contributed by atoms with Crippen molar-refractivity contribution in [3.63, 3.8) is 0 Å². The zero-order valence-corrected chi connectivity index (χ0v) is 14.3. The summed E-state index contributed by atoms with van der Waals surface area (Å²) in [4.78, 5) is 15.8. The Labute approximate surface area is 140 Å². The summed E-state index contributed by atoms with van der Waals surface area (Å²) in [5, 5.41) is 8.50. The lowest BCUT2D eigenvalue weighted by Gasteiger charge is -2.18. The third kappa shape index (κ3) is 3.48. The minimum absolute atomic E-state index is 0.0847. The zero-order valence-electron chi connectivity index (χ0n) is 13.5. The molecule has 0 aliphatic rings. The maximum absolute atomic E-state index is 12.4. The van der Waals surface area contributed by atoms with E-state index in [1.165, 1.54) is 16.5 Å². The first kappa shape index (κ1) is 15.8. The van der Waals surface area contributed by atoms with Crippen LogP contribution in [0.25, 0.3) is 10.9 Å². The van der Waals surface area contributed by atoms with Gasteiger partial charge in [0.15, 0.2) is 0 Å². The molecule has 2 N–H and O–H groups in total. The second kappa shape index (κ2) is 7.01. The number of hydrogen-bond donors (Lipinski definition) is 2. The Bertz CT molecular complexity index is 776. The number of carbonyl (C=O) groups excluding carboxylic acids is 1. The fraction of sp³-hybridized carbons (Fsp3) is 0.316. The van der Waals surface area contributed by atoms with Crippen LogP contribution in [0.4, 0.5) is 0 Å². The van der Waals surface area contributed by atoms with Crippen LogP contribution in [0.5, 0.6) is 0 Å². The summed E-state index contributed by atoms with van der Waals surface area (Å²) in [5.74, 6) is 0.197. The highest BCUT2D eigenvalue weighted by atomic mass is 32.1. The predicted octanol–water partition coefficient (Wildman–Crippen LogP) is 4.67. The average Bonchev–Trinajstić information content (AvgIpc) is 3.22. The molecular weight excluding hydrogens is 304 g/mol. The van der Waals surface area contributed by atoms with Gasteiger partial charge in [0.05, 0.1) is 0 Å². The Morgan fingerprint density at radius 1 is 1.30 bits per heavy atom. The van der Waals surface area contributed by atoms with Crippen LogP contribution in [0.1, 0.15) is 43.7 Å². The van der Waals surface area contributed by atoms with Crippen LogP contribution in [0, 0.1) is 0 Å². The Hall–Kier alpha value is -2.07. The minimum atomic E-state index is 0.0847. The van der Waals surface area contributed by atoms with Gasteiger partial charge in [0.25, 0.3) is 0 Å². The second-order valence-corrected chi connectivity index (χ2v) is 6.76. The van der Waals surface area contributed by atoms with Crippen LogP contribution >= 0.6 is 11.3 Å². The van der Waals surface area contributed by atoms with Crippen molar-refractivity contribution >= 4 is 28.1 Å². The molecule has 2 heterocycles. The Balaban J connectivity index is 1.92. The number of rotatable bonds is 6. The standard InChI is InChI=1S/C19H22N2OS/c1-3-13(2)21-19(22)10-16(14-8-9-23-12-14)17-11-20-18-7-5-4-6-15(17)18/h4-9,11-13,16,20H,3,10H2,1-2H3,(H,21,22). The quantitative estimate of drug-likeness (QED) is 0.679. The van der Waals surface area contributed by atoms with Crippen molar-refractivity contribution in [3.8, 4) is 0 Å². The van der Waals surface area contributed by atoms with E-state index in [1.54, 1.807) is 11.3 Å². The molecule has 3 aromatic rings. The Kier molecular flexibility index (Phi) is 4.82. The van der Waals surface area contributed by atoms with Crippen LogP contribution in [-0.4, -0.2) is 16.9 Å². The number of carbonyl (C=O) groups is 1. The number of hydrogen-bond acceptors (Lipinski definition) is 2. The van der Waals surface area contributed by atoms with Crippen molar-refractivity contribution in [1.29, 1.82) is 0 Å². The number of H-pyrrole nitrogens is 1. The molecule has 23 heavy (non-hydrogen) atoms. The summed E-state index contributed by atoms with van der Waals surface area (Å²) in [6, 6.07) is 10.6. The van der Waals surface area contributed by atoms with Gasteiger partial charge in [-0.1, -0.05) is 25.1 Å². The molecule has 0 spiro atoms. The second-order valence-electron chi connectivity index (χ2n) is 5.98. The summed E-state index contributed by atoms with van der Waals surface area (Å²) in [6.07, 6.45) is 3.47. The van der Waals surface area contributed by atoms with E-state index in [-0.39, 0.29) is 17.9 Å². The molecule has 0 saturated carbocycles. The first-order valence-electron chi connectivity index (χ1n) is 8.06. The molecule has 1 amide bonds. The molecule has 0 fully saturated rings. The lowest BCUT2D eigenvalue weighted by Crippen LogP contribution is -2.32. The number of nitrogens with one attached hydrogen (secondary N) is 2. The highest BCUT2D eigenvalue weighted by Gasteiger charge is 2.22. The molecule has 4 heteroatoms. The molecule has 0 saturated heterocycles. The highest BCUT2D eigenvalue weighted by molar-refractivity contribution is 7.08. The number of thiophene rings is 1. The molecule has 3 rings (SSSR count). The number of aromatic amines is 1. The van der Waals surface area contributed by atoms with E-state index < -0.39 is 0 Å². The van der Waals surface area contributed by atoms with E-state index in [0.717, 1.165) is 11.9 Å². The largest absolute Gasteiger partial charge is 0.361 e. The van der Waals surface area contributed by atoms with Crippen molar-refractivity contribution in [2.24, 2.45) is 0 Å². The van der Waals surface area contributed by atoms with Crippen LogP contribution < -0.4 is 5.32 Å². The molecular formula is C19H22N2OS. The molecule has 0 aliphatic heterocycles. The number of para-hydroxylation sites is 1. The minimum Gasteiger partial charge on any atom is -0.361 e. The van der Waals surface area contributed by atoms with Gasteiger partial charge in [-0.3, -0.25) is 4.79 Å². The van der Waals surface area contributed by atoms with Gasteiger partial charge in [-0.2, -0.15) is 11.3 Å². The predicted molar refractivity (Wildman–Crippen MR) is 97.0 cm³/mol. The first-order valence-corrected chi connectivity index (χ1v) is 9.00. The summed E-state index contributed by atoms with van der Waals surface area (Å²) in [7, 11) is 0.